The number of aryl methyl sites for hydroxylation is 1. The molecule has 2 saturated heterocycles. The minimum Gasteiger partial charge on any atom is -0.368 e. The lowest BCUT2D eigenvalue weighted by atomic mass is 10.1. The molecule has 0 aromatic heterocycles. The maximum atomic E-state index is 13.3. The van der Waals surface area contributed by atoms with Gasteiger partial charge >= 0.3 is 0 Å². The Hall–Kier alpha value is -1.09. The Balaban J connectivity index is 1.82. The van der Waals surface area contributed by atoms with E-state index in [4.69, 9.17) is 0 Å². The Morgan fingerprint density at radius 3 is 3.00 bits per heavy atom. The van der Waals surface area contributed by atoms with E-state index in [9.17, 15) is 4.39 Å². The fraction of sp³-hybridized carbons (Fsp3) is 0.571. The largest absolute Gasteiger partial charge is 0.368 e. The third kappa shape index (κ3) is 2.04. The standard InChI is InChI=1S/C14H19FN2/c1-11-4-5-12(15)9-14(11)17-8-7-16-6-2-3-13(16)10-17/h4-5,9,13H,2-3,6-8,10H2,1H3. The zero-order valence-electron chi connectivity index (χ0n) is 10.3. The number of hydrogen-bond donors (Lipinski definition) is 0. The van der Waals surface area contributed by atoms with Gasteiger partial charge in [-0.15, -0.1) is 0 Å². The van der Waals surface area contributed by atoms with E-state index >= 15 is 0 Å². The summed E-state index contributed by atoms with van der Waals surface area (Å²) in [5.41, 5.74) is 2.26. The van der Waals surface area contributed by atoms with Crippen LogP contribution in [0, 0.1) is 12.7 Å². The molecule has 0 bridgehead atoms. The minimum absolute atomic E-state index is 0.126. The van der Waals surface area contributed by atoms with Crippen molar-refractivity contribution < 1.29 is 4.39 Å². The van der Waals surface area contributed by atoms with Crippen LogP contribution in [0.5, 0.6) is 0 Å². The van der Waals surface area contributed by atoms with Gasteiger partial charge in [-0.1, -0.05) is 6.07 Å². The number of nitrogens with zero attached hydrogens (tertiary/aromatic N) is 2. The Morgan fingerprint density at radius 1 is 1.24 bits per heavy atom. The van der Waals surface area contributed by atoms with Gasteiger partial charge in [-0.05, 0) is 44.0 Å². The van der Waals surface area contributed by atoms with Crippen LogP contribution < -0.4 is 4.90 Å². The summed E-state index contributed by atoms with van der Waals surface area (Å²) in [6, 6.07) is 5.79. The molecule has 0 radical (unpaired) electrons. The van der Waals surface area contributed by atoms with E-state index in [0.717, 1.165) is 25.3 Å². The second-order valence-corrected chi connectivity index (χ2v) is 5.21. The molecule has 3 heteroatoms. The van der Waals surface area contributed by atoms with Gasteiger partial charge in [-0.25, -0.2) is 4.39 Å². The van der Waals surface area contributed by atoms with Crippen molar-refractivity contribution in [2.24, 2.45) is 0 Å². The highest BCUT2D eigenvalue weighted by molar-refractivity contribution is 5.54. The smallest absolute Gasteiger partial charge is 0.125 e. The molecule has 0 saturated carbocycles. The number of piperazine rings is 1. The van der Waals surface area contributed by atoms with Gasteiger partial charge in [-0.2, -0.15) is 0 Å². The van der Waals surface area contributed by atoms with Crippen LogP contribution in [0.25, 0.3) is 0 Å². The van der Waals surface area contributed by atoms with E-state index in [1.165, 1.54) is 24.9 Å². The molecule has 1 atom stereocenters. The van der Waals surface area contributed by atoms with Gasteiger partial charge < -0.3 is 4.90 Å². The maximum Gasteiger partial charge on any atom is 0.125 e. The zero-order valence-corrected chi connectivity index (χ0v) is 10.3. The molecule has 92 valence electrons. The van der Waals surface area contributed by atoms with E-state index < -0.39 is 0 Å². The van der Waals surface area contributed by atoms with Gasteiger partial charge in [0.05, 0.1) is 0 Å². The molecule has 1 unspecified atom stereocenters. The first-order chi connectivity index (χ1) is 8.24. The molecule has 1 aromatic rings. The second kappa shape index (κ2) is 4.30. The quantitative estimate of drug-likeness (QED) is 0.736. The van der Waals surface area contributed by atoms with Crippen LogP contribution in [-0.4, -0.2) is 37.1 Å². The van der Waals surface area contributed by atoms with Crippen LogP contribution in [-0.2, 0) is 0 Å². The van der Waals surface area contributed by atoms with Crippen LogP contribution >= 0.6 is 0 Å². The first-order valence-electron chi connectivity index (χ1n) is 6.49. The highest BCUT2D eigenvalue weighted by Gasteiger charge is 2.30. The van der Waals surface area contributed by atoms with Crippen molar-refractivity contribution in [1.82, 2.24) is 4.90 Å². The first kappa shape index (κ1) is 11.0. The molecule has 17 heavy (non-hydrogen) atoms. The molecule has 0 spiro atoms. The van der Waals surface area contributed by atoms with E-state index in [0.29, 0.717) is 6.04 Å². The summed E-state index contributed by atoms with van der Waals surface area (Å²) in [6.45, 7) is 6.53. The summed E-state index contributed by atoms with van der Waals surface area (Å²) < 4.78 is 13.3. The van der Waals surface area contributed by atoms with Gasteiger partial charge in [0.15, 0.2) is 0 Å². The molecule has 0 N–H and O–H groups in total. The van der Waals surface area contributed by atoms with Crippen molar-refractivity contribution in [3.63, 3.8) is 0 Å². The normalized spacial score (nSPS) is 25.1. The Kier molecular flexibility index (Phi) is 2.79. The third-order valence-electron chi connectivity index (χ3n) is 4.10. The highest BCUT2D eigenvalue weighted by Crippen LogP contribution is 2.27. The molecule has 0 aliphatic carbocycles. The number of fused-ring (bicyclic) bond motifs is 1. The molecule has 2 aliphatic heterocycles. The van der Waals surface area contributed by atoms with Crippen LogP contribution in [0.2, 0.25) is 0 Å². The van der Waals surface area contributed by atoms with E-state index in [2.05, 4.69) is 16.7 Å². The van der Waals surface area contributed by atoms with Crippen LogP contribution in [0.4, 0.5) is 10.1 Å². The van der Waals surface area contributed by atoms with Crippen LogP contribution in [0.3, 0.4) is 0 Å². The monoisotopic (exact) mass is 234 g/mol. The summed E-state index contributed by atoms with van der Waals surface area (Å²) in [4.78, 5) is 4.93. The number of hydrogen-bond acceptors (Lipinski definition) is 2. The average Bonchev–Trinajstić information content (AvgIpc) is 2.79. The SMILES string of the molecule is Cc1ccc(F)cc1N1CCN2CCCC2C1. The predicted molar refractivity (Wildman–Crippen MR) is 67.9 cm³/mol. The van der Waals surface area contributed by atoms with Crippen molar-refractivity contribution >= 4 is 5.69 Å². The number of halogens is 1. The average molecular weight is 234 g/mol. The molecular weight excluding hydrogens is 215 g/mol. The topological polar surface area (TPSA) is 6.48 Å². The van der Waals surface area contributed by atoms with Crippen molar-refractivity contribution in [1.29, 1.82) is 0 Å². The van der Waals surface area contributed by atoms with Crippen molar-refractivity contribution in [2.75, 3.05) is 31.1 Å². The summed E-state index contributed by atoms with van der Waals surface area (Å²) in [5.74, 6) is -0.126. The summed E-state index contributed by atoms with van der Waals surface area (Å²) >= 11 is 0. The highest BCUT2D eigenvalue weighted by atomic mass is 19.1. The van der Waals surface area contributed by atoms with Gasteiger partial charge in [0, 0.05) is 31.4 Å². The zero-order chi connectivity index (χ0) is 11.8. The van der Waals surface area contributed by atoms with E-state index in [1.54, 1.807) is 12.1 Å². The fourth-order valence-electron chi connectivity index (χ4n) is 3.13. The van der Waals surface area contributed by atoms with Gasteiger partial charge in [0.1, 0.15) is 5.82 Å². The second-order valence-electron chi connectivity index (χ2n) is 5.21. The molecule has 2 aliphatic rings. The molecule has 0 amide bonds. The van der Waals surface area contributed by atoms with Crippen molar-refractivity contribution in [3.8, 4) is 0 Å². The summed E-state index contributed by atoms with van der Waals surface area (Å²) in [5, 5.41) is 0. The van der Waals surface area contributed by atoms with E-state index in [-0.39, 0.29) is 5.82 Å². The van der Waals surface area contributed by atoms with Gasteiger partial charge in [0.25, 0.3) is 0 Å². The fourth-order valence-corrected chi connectivity index (χ4v) is 3.13. The molecular formula is C14H19FN2. The van der Waals surface area contributed by atoms with Crippen molar-refractivity contribution in [2.45, 2.75) is 25.8 Å². The molecule has 1 aromatic carbocycles. The molecule has 3 rings (SSSR count). The molecule has 2 heterocycles. The van der Waals surface area contributed by atoms with Crippen LogP contribution in [0.15, 0.2) is 18.2 Å². The van der Waals surface area contributed by atoms with Gasteiger partial charge in [-0.3, -0.25) is 4.90 Å². The lowest BCUT2D eigenvalue weighted by Crippen LogP contribution is -2.50. The summed E-state index contributed by atoms with van der Waals surface area (Å²) in [6.07, 6.45) is 2.62. The Morgan fingerprint density at radius 2 is 2.12 bits per heavy atom. The lowest BCUT2D eigenvalue weighted by molar-refractivity contribution is 0.231. The van der Waals surface area contributed by atoms with Crippen LogP contribution in [0.1, 0.15) is 18.4 Å². The third-order valence-corrected chi connectivity index (χ3v) is 4.10. The van der Waals surface area contributed by atoms with Crippen molar-refractivity contribution in [3.05, 3.63) is 29.6 Å². The number of benzene rings is 1. The Bertz CT molecular complexity index is 419. The molecule has 2 nitrogen and oxygen atoms in total. The number of anilines is 1. The maximum absolute atomic E-state index is 13.3. The molecule has 2 fully saturated rings. The predicted octanol–water partition coefficient (Wildman–Crippen LogP) is 2.42. The Labute approximate surface area is 102 Å². The minimum atomic E-state index is -0.126. The summed E-state index contributed by atoms with van der Waals surface area (Å²) in [7, 11) is 0. The van der Waals surface area contributed by atoms with Gasteiger partial charge in [0.2, 0.25) is 0 Å². The number of rotatable bonds is 1. The lowest BCUT2D eigenvalue weighted by Gasteiger charge is -2.39. The first-order valence-corrected chi connectivity index (χ1v) is 6.49. The van der Waals surface area contributed by atoms with E-state index in [1.807, 2.05) is 6.07 Å².